The Bertz CT molecular complexity index is 1080. The Kier molecular flexibility index (Phi) is 20.9. The van der Waals surface area contributed by atoms with Gasteiger partial charge in [-0.25, -0.2) is 0 Å². The molecule has 2 rings (SSSR count). The predicted molar refractivity (Wildman–Crippen MR) is 174 cm³/mol. The van der Waals surface area contributed by atoms with Crippen LogP contribution in [0.2, 0.25) is 0 Å². The summed E-state index contributed by atoms with van der Waals surface area (Å²) in [4.78, 5) is 24.2. The third kappa shape index (κ3) is 19.1. The van der Waals surface area contributed by atoms with Crippen LogP contribution in [0.25, 0.3) is 12.2 Å². The average Bonchev–Trinajstić information content (AvgIpc) is 2.99. The summed E-state index contributed by atoms with van der Waals surface area (Å²) in [5.41, 5.74) is 1.91. The molecule has 0 radical (unpaired) electrons. The predicted octanol–water partition coefficient (Wildman–Crippen LogP) is -2.38. The Labute approximate surface area is 282 Å². The zero-order valence-electron chi connectivity index (χ0n) is 27.7. The summed E-state index contributed by atoms with van der Waals surface area (Å²) in [5.74, 6) is 1.41. The standard InChI is InChI=1S/C34H50N4O5.2ClH/c1-37(2,23-7-21-35-33(39)19-13-29-9-15-31(41-5)16-10-29)25-27-43-28-26-38(3,4)24-8-22-36-34(40)20-14-30-11-17-32(42-6)18-12-30;;/h9-20H,7-8,21-28H2,1-6H3;2*1H. The number of carbonyl (C=O) groups excluding carboxylic acids is 2. The normalized spacial score (nSPS) is 11.5. The van der Waals surface area contributed by atoms with Crippen molar-refractivity contribution in [3.8, 4) is 11.5 Å². The maximum absolute atomic E-state index is 12.1. The van der Waals surface area contributed by atoms with Crippen molar-refractivity contribution in [2.45, 2.75) is 12.8 Å². The van der Waals surface area contributed by atoms with Crippen molar-refractivity contribution in [1.82, 2.24) is 10.6 Å². The Hall–Kier alpha value is -3.08. The molecule has 2 amide bonds. The number of benzene rings is 2. The summed E-state index contributed by atoms with van der Waals surface area (Å²) < 4.78 is 17.9. The van der Waals surface area contributed by atoms with Crippen molar-refractivity contribution in [1.29, 1.82) is 0 Å². The fraction of sp³-hybridized carbons (Fsp3) is 0.471. The number of hydrogen-bond acceptors (Lipinski definition) is 5. The molecule has 2 aromatic carbocycles. The number of hydrogen-bond donors (Lipinski definition) is 2. The van der Waals surface area contributed by atoms with Crippen LogP contribution < -0.4 is 44.9 Å². The maximum atomic E-state index is 12.1. The van der Waals surface area contributed by atoms with Crippen LogP contribution in [0.5, 0.6) is 11.5 Å². The lowest BCUT2D eigenvalue weighted by Gasteiger charge is -2.31. The number of nitrogens with one attached hydrogen (secondary N) is 2. The van der Waals surface area contributed by atoms with Crippen molar-refractivity contribution in [3.05, 3.63) is 71.8 Å². The molecule has 11 heteroatoms. The summed E-state index contributed by atoms with van der Waals surface area (Å²) >= 11 is 0. The number of methoxy groups -OCH3 is 2. The first kappa shape index (κ1) is 41.9. The number of amides is 2. The van der Waals surface area contributed by atoms with Gasteiger partial charge in [0.25, 0.3) is 0 Å². The number of carbonyl (C=O) groups is 2. The van der Waals surface area contributed by atoms with E-state index >= 15 is 0 Å². The van der Waals surface area contributed by atoms with Crippen LogP contribution in [0.4, 0.5) is 0 Å². The number of nitrogens with zero attached hydrogens (tertiary/aromatic N) is 2. The Morgan fingerprint density at radius 1 is 0.622 bits per heavy atom. The first-order chi connectivity index (χ1) is 20.5. The van der Waals surface area contributed by atoms with Gasteiger partial charge in [0.15, 0.2) is 0 Å². The van der Waals surface area contributed by atoms with Crippen LogP contribution in [0.15, 0.2) is 60.7 Å². The van der Waals surface area contributed by atoms with Gasteiger partial charge in [0.1, 0.15) is 24.6 Å². The van der Waals surface area contributed by atoms with Crippen molar-refractivity contribution in [2.24, 2.45) is 0 Å². The van der Waals surface area contributed by atoms with E-state index in [4.69, 9.17) is 14.2 Å². The van der Waals surface area contributed by atoms with E-state index in [9.17, 15) is 9.59 Å². The topological polar surface area (TPSA) is 85.9 Å². The Balaban J connectivity index is 0.00000968. The first-order valence-electron chi connectivity index (χ1n) is 14.9. The molecule has 2 aromatic rings. The zero-order valence-corrected chi connectivity index (χ0v) is 29.2. The van der Waals surface area contributed by atoms with Gasteiger partial charge in [-0.05, 0) is 47.5 Å². The van der Waals surface area contributed by atoms with E-state index in [0.717, 1.165) is 70.6 Å². The Morgan fingerprint density at radius 2 is 0.978 bits per heavy atom. The third-order valence-electron chi connectivity index (χ3n) is 7.25. The summed E-state index contributed by atoms with van der Waals surface area (Å²) in [6.45, 7) is 6.40. The molecule has 45 heavy (non-hydrogen) atoms. The molecule has 0 bridgehead atoms. The van der Waals surface area contributed by atoms with Gasteiger partial charge in [-0.3, -0.25) is 9.59 Å². The largest absolute Gasteiger partial charge is 1.00 e. The van der Waals surface area contributed by atoms with Crippen LogP contribution >= 0.6 is 0 Å². The van der Waals surface area contributed by atoms with Gasteiger partial charge >= 0.3 is 0 Å². The first-order valence-corrected chi connectivity index (χ1v) is 14.9. The highest BCUT2D eigenvalue weighted by molar-refractivity contribution is 5.92. The van der Waals surface area contributed by atoms with Gasteiger partial charge in [0.05, 0.1) is 68.7 Å². The SMILES string of the molecule is COc1ccc(C=CC(=O)NCCC[N+](C)(C)CCOCC[N+](C)(C)CCCNC(=O)C=Cc2ccc(OC)cc2)cc1.[Cl-].[Cl-]. The fourth-order valence-electron chi connectivity index (χ4n) is 4.28. The molecule has 0 saturated heterocycles. The van der Waals surface area contributed by atoms with Crippen LogP contribution in [0, 0.1) is 0 Å². The van der Waals surface area contributed by atoms with E-state index in [0.29, 0.717) is 26.3 Å². The van der Waals surface area contributed by atoms with Crippen LogP contribution in [0.3, 0.4) is 0 Å². The monoisotopic (exact) mass is 666 g/mol. The molecule has 0 aliphatic rings. The summed E-state index contributed by atoms with van der Waals surface area (Å²) in [6.07, 6.45) is 8.52. The van der Waals surface area contributed by atoms with E-state index < -0.39 is 0 Å². The van der Waals surface area contributed by atoms with Gasteiger partial charge in [-0.1, -0.05) is 24.3 Å². The minimum atomic E-state index is -0.0888. The van der Waals surface area contributed by atoms with E-state index in [1.807, 2.05) is 48.5 Å². The van der Waals surface area contributed by atoms with Crippen LogP contribution in [0.1, 0.15) is 24.0 Å². The third-order valence-corrected chi connectivity index (χ3v) is 7.25. The lowest BCUT2D eigenvalue weighted by atomic mass is 10.2. The highest BCUT2D eigenvalue weighted by atomic mass is 35.5. The quantitative estimate of drug-likeness (QED) is 0.0938. The van der Waals surface area contributed by atoms with Crippen molar-refractivity contribution in [3.63, 3.8) is 0 Å². The molecule has 2 N–H and O–H groups in total. The van der Waals surface area contributed by atoms with Gasteiger partial charge in [0.2, 0.25) is 11.8 Å². The second kappa shape index (κ2) is 22.4. The summed E-state index contributed by atoms with van der Waals surface area (Å²) in [7, 11) is 12.0. The van der Waals surface area contributed by atoms with E-state index in [1.54, 1.807) is 38.5 Å². The second-order valence-corrected chi connectivity index (χ2v) is 11.9. The molecule has 0 aliphatic carbocycles. The molecule has 0 fully saturated rings. The zero-order chi connectivity index (χ0) is 31.6. The second-order valence-electron chi connectivity index (χ2n) is 11.9. The van der Waals surface area contributed by atoms with E-state index in [-0.39, 0.29) is 36.6 Å². The van der Waals surface area contributed by atoms with Crippen molar-refractivity contribution >= 4 is 24.0 Å². The maximum Gasteiger partial charge on any atom is 0.244 e. The molecule has 0 aliphatic heterocycles. The van der Waals surface area contributed by atoms with Gasteiger partial charge < -0.3 is 58.6 Å². The van der Waals surface area contributed by atoms with Crippen molar-refractivity contribution in [2.75, 3.05) is 94.9 Å². The number of rotatable bonds is 20. The van der Waals surface area contributed by atoms with Crippen LogP contribution in [-0.4, -0.2) is 116 Å². The highest BCUT2D eigenvalue weighted by Crippen LogP contribution is 2.13. The fourth-order valence-corrected chi connectivity index (χ4v) is 4.28. The van der Waals surface area contributed by atoms with Gasteiger partial charge in [-0.15, -0.1) is 0 Å². The van der Waals surface area contributed by atoms with E-state index in [1.165, 1.54) is 0 Å². The molecule has 252 valence electrons. The molecule has 0 aromatic heterocycles. The van der Waals surface area contributed by atoms with E-state index in [2.05, 4.69) is 38.8 Å². The number of ether oxygens (including phenoxy) is 3. The lowest BCUT2D eigenvalue weighted by molar-refractivity contribution is -0.894. The highest BCUT2D eigenvalue weighted by Gasteiger charge is 2.17. The minimum Gasteiger partial charge on any atom is -1.00 e. The van der Waals surface area contributed by atoms with Gasteiger partial charge in [-0.2, -0.15) is 0 Å². The number of halogens is 2. The molecule has 0 atom stereocenters. The smallest absolute Gasteiger partial charge is 0.244 e. The Morgan fingerprint density at radius 3 is 1.31 bits per heavy atom. The molecular weight excluding hydrogens is 615 g/mol. The molecule has 0 saturated carbocycles. The van der Waals surface area contributed by atoms with Gasteiger partial charge in [0, 0.05) is 38.1 Å². The number of likely N-dealkylation sites (N-methyl/N-ethyl adjacent to an activating group) is 2. The lowest BCUT2D eigenvalue weighted by Crippen LogP contribution is -3.00. The molecule has 9 nitrogen and oxygen atoms in total. The molecule has 0 heterocycles. The van der Waals surface area contributed by atoms with Crippen molar-refractivity contribution < 1.29 is 57.6 Å². The average molecular weight is 668 g/mol. The number of quaternary nitrogens is 2. The molecule has 0 spiro atoms. The molecule has 0 unspecified atom stereocenters. The summed E-state index contributed by atoms with van der Waals surface area (Å²) in [6, 6.07) is 15.1. The minimum absolute atomic E-state index is 0. The molecular formula is C34H52Cl2N4O5. The van der Waals surface area contributed by atoms with Crippen LogP contribution in [-0.2, 0) is 14.3 Å². The summed E-state index contributed by atoms with van der Waals surface area (Å²) in [5, 5.41) is 5.92.